The Balaban J connectivity index is 1.77. The smallest absolute Gasteiger partial charge is 0.122 e. The summed E-state index contributed by atoms with van der Waals surface area (Å²) in [6.45, 7) is 2.38. The minimum Gasteiger partial charge on any atom is -0.493 e. The number of nitrogens with two attached hydrogens (primary N) is 1. The molecule has 1 aliphatic rings. The van der Waals surface area contributed by atoms with Crippen LogP contribution in [0.25, 0.3) is 0 Å². The number of ether oxygens (including phenoxy) is 1. The van der Waals surface area contributed by atoms with Gasteiger partial charge in [-0.2, -0.15) is 0 Å². The second-order valence-corrected chi connectivity index (χ2v) is 5.63. The van der Waals surface area contributed by atoms with E-state index in [4.69, 9.17) is 10.5 Å². The number of hydrogen-bond donors (Lipinski definition) is 1. The first-order chi connectivity index (χ1) is 10.3. The van der Waals surface area contributed by atoms with Crippen molar-refractivity contribution in [3.05, 3.63) is 59.7 Å². The lowest BCUT2D eigenvalue weighted by Gasteiger charge is -2.30. The summed E-state index contributed by atoms with van der Waals surface area (Å²) in [5.74, 6) is 1.55. The summed E-state index contributed by atoms with van der Waals surface area (Å²) in [5.41, 5.74) is 9.45. The second-order valence-electron chi connectivity index (χ2n) is 5.63. The molecule has 0 radical (unpaired) electrons. The predicted molar refractivity (Wildman–Crippen MR) is 86.9 cm³/mol. The molecule has 1 unspecified atom stereocenters. The molecule has 0 fully saturated rings. The molecule has 2 aromatic carbocycles. The fraction of sp³-hybridized carbons (Fsp3) is 0.333. The van der Waals surface area contributed by atoms with Crippen LogP contribution in [-0.2, 0) is 6.54 Å². The number of fused-ring (bicyclic) bond motifs is 1. The van der Waals surface area contributed by atoms with Gasteiger partial charge in [0.2, 0.25) is 0 Å². The van der Waals surface area contributed by atoms with E-state index < -0.39 is 0 Å². The Morgan fingerprint density at radius 2 is 2.05 bits per heavy atom. The van der Waals surface area contributed by atoms with Gasteiger partial charge in [0.05, 0.1) is 6.61 Å². The van der Waals surface area contributed by atoms with E-state index in [0.717, 1.165) is 25.3 Å². The minimum absolute atomic E-state index is 0.515. The lowest BCUT2D eigenvalue weighted by atomic mass is 9.92. The Hall–Kier alpha value is -2.00. The molecule has 0 saturated heterocycles. The minimum atomic E-state index is 0.515. The molecule has 2 aromatic rings. The molecule has 1 aliphatic heterocycles. The van der Waals surface area contributed by atoms with Crippen molar-refractivity contribution in [2.24, 2.45) is 5.73 Å². The lowest BCUT2D eigenvalue weighted by molar-refractivity contribution is 0.268. The number of nitrogens with zero attached hydrogens (tertiary/aromatic N) is 1. The van der Waals surface area contributed by atoms with Crippen molar-refractivity contribution in [1.29, 1.82) is 0 Å². The molecule has 110 valence electrons. The normalized spacial score (nSPS) is 17.0. The fourth-order valence-corrected chi connectivity index (χ4v) is 2.96. The number of benzene rings is 2. The molecule has 0 bridgehead atoms. The third-order valence-electron chi connectivity index (χ3n) is 4.16. The van der Waals surface area contributed by atoms with Gasteiger partial charge in [-0.05, 0) is 35.7 Å². The maximum absolute atomic E-state index is 5.74. The average molecular weight is 282 g/mol. The van der Waals surface area contributed by atoms with E-state index in [0.29, 0.717) is 12.5 Å². The molecule has 3 rings (SSSR count). The van der Waals surface area contributed by atoms with Crippen LogP contribution in [0.15, 0.2) is 48.5 Å². The average Bonchev–Trinajstić information content (AvgIpc) is 2.55. The lowest BCUT2D eigenvalue weighted by Crippen LogP contribution is -2.27. The molecule has 0 spiro atoms. The Labute approximate surface area is 126 Å². The highest BCUT2D eigenvalue weighted by Gasteiger charge is 2.22. The van der Waals surface area contributed by atoms with Gasteiger partial charge in [-0.15, -0.1) is 0 Å². The van der Waals surface area contributed by atoms with Crippen LogP contribution < -0.4 is 15.4 Å². The van der Waals surface area contributed by atoms with E-state index in [1.807, 2.05) is 6.07 Å². The number of hydrogen-bond acceptors (Lipinski definition) is 3. The highest BCUT2D eigenvalue weighted by molar-refractivity contribution is 5.49. The van der Waals surface area contributed by atoms with Gasteiger partial charge in [-0.3, -0.25) is 0 Å². The first kappa shape index (κ1) is 14.0. The summed E-state index contributed by atoms with van der Waals surface area (Å²) in [4.78, 5) is 2.31. The summed E-state index contributed by atoms with van der Waals surface area (Å²) in [6.07, 6.45) is 1.07. The molecule has 1 atom stereocenters. The van der Waals surface area contributed by atoms with E-state index >= 15 is 0 Å². The second kappa shape index (κ2) is 6.19. The first-order valence-corrected chi connectivity index (χ1v) is 7.50. The largest absolute Gasteiger partial charge is 0.493 e. The van der Waals surface area contributed by atoms with E-state index in [-0.39, 0.29) is 0 Å². The molecule has 0 saturated carbocycles. The van der Waals surface area contributed by atoms with Gasteiger partial charge in [-0.1, -0.05) is 30.3 Å². The first-order valence-electron chi connectivity index (χ1n) is 7.50. The highest BCUT2D eigenvalue weighted by atomic mass is 16.5. The molecular weight excluding hydrogens is 260 g/mol. The number of rotatable bonds is 4. The SMILES string of the molecule is CN(CC1CCOc2ccccc21)c1cccc(CN)c1. The molecule has 3 nitrogen and oxygen atoms in total. The third-order valence-corrected chi connectivity index (χ3v) is 4.16. The molecule has 0 amide bonds. The quantitative estimate of drug-likeness (QED) is 0.936. The Kier molecular flexibility index (Phi) is 4.11. The van der Waals surface area contributed by atoms with Gasteiger partial charge in [0.15, 0.2) is 0 Å². The summed E-state index contributed by atoms with van der Waals surface area (Å²) < 4.78 is 5.74. The van der Waals surface area contributed by atoms with Gasteiger partial charge >= 0.3 is 0 Å². The van der Waals surface area contributed by atoms with Crippen LogP contribution in [0.5, 0.6) is 5.75 Å². The summed E-state index contributed by atoms with van der Waals surface area (Å²) in [7, 11) is 2.15. The summed E-state index contributed by atoms with van der Waals surface area (Å²) >= 11 is 0. The van der Waals surface area contributed by atoms with Crippen molar-refractivity contribution in [1.82, 2.24) is 0 Å². The van der Waals surface area contributed by atoms with Crippen molar-refractivity contribution in [2.75, 3.05) is 25.1 Å². The zero-order valence-corrected chi connectivity index (χ0v) is 12.5. The number of likely N-dealkylation sites (N-methyl/N-ethyl adjacent to an activating group) is 1. The predicted octanol–water partition coefficient (Wildman–Crippen LogP) is 3.15. The number of para-hydroxylation sites is 1. The monoisotopic (exact) mass is 282 g/mol. The van der Waals surface area contributed by atoms with Crippen molar-refractivity contribution in [3.63, 3.8) is 0 Å². The van der Waals surface area contributed by atoms with Gasteiger partial charge < -0.3 is 15.4 Å². The summed E-state index contributed by atoms with van der Waals surface area (Å²) in [5, 5.41) is 0. The molecule has 1 heterocycles. The van der Waals surface area contributed by atoms with E-state index in [1.165, 1.54) is 16.8 Å². The third kappa shape index (κ3) is 3.03. The van der Waals surface area contributed by atoms with E-state index in [9.17, 15) is 0 Å². The van der Waals surface area contributed by atoms with Crippen LogP contribution in [0.3, 0.4) is 0 Å². The topological polar surface area (TPSA) is 38.5 Å². The van der Waals surface area contributed by atoms with Crippen LogP contribution >= 0.6 is 0 Å². The van der Waals surface area contributed by atoms with Crippen LogP contribution in [0.4, 0.5) is 5.69 Å². The maximum atomic E-state index is 5.74. The zero-order chi connectivity index (χ0) is 14.7. The van der Waals surface area contributed by atoms with Crippen molar-refractivity contribution < 1.29 is 4.74 Å². The zero-order valence-electron chi connectivity index (χ0n) is 12.5. The molecule has 21 heavy (non-hydrogen) atoms. The van der Waals surface area contributed by atoms with Crippen LogP contribution in [0.1, 0.15) is 23.5 Å². The maximum Gasteiger partial charge on any atom is 0.122 e. The Morgan fingerprint density at radius 1 is 1.19 bits per heavy atom. The van der Waals surface area contributed by atoms with E-state index in [2.05, 4.69) is 54.4 Å². The fourth-order valence-electron chi connectivity index (χ4n) is 2.96. The summed E-state index contributed by atoms with van der Waals surface area (Å²) in [6, 6.07) is 16.8. The van der Waals surface area contributed by atoms with Crippen LogP contribution in [0, 0.1) is 0 Å². The standard InChI is InChI=1S/C18H22N2O/c1-20(16-6-4-5-14(11-16)12-19)13-15-9-10-21-18-8-3-2-7-17(15)18/h2-8,11,15H,9-10,12-13,19H2,1H3. The molecule has 0 aliphatic carbocycles. The van der Waals surface area contributed by atoms with Crippen molar-refractivity contribution in [3.8, 4) is 5.75 Å². The van der Waals surface area contributed by atoms with Crippen molar-refractivity contribution in [2.45, 2.75) is 18.9 Å². The van der Waals surface area contributed by atoms with Gasteiger partial charge in [0.1, 0.15) is 5.75 Å². The van der Waals surface area contributed by atoms with Gasteiger partial charge in [0.25, 0.3) is 0 Å². The van der Waals surface area contributed by atoms with Crippen LogP contribution in [0.2, 0.25) is 0 Å². The van der Waals surface area contributed by atoms with Gasteiger partial charge in [0, 0.05) is 31.7 Å². The molecule has 0 aromatic heterocycles. The van der Waals surface area contributed by atoms with Gasteiger partial charge in [-0.25, -0.2) is 0 Å². The Morgan fingerprint density at radius 3 is 2.90 bits per heavy atom. The van der Waals surface area contributed by atoms with E-state index in [1.54, 1.807) is 0 Å². The molecule has 3 heteroatoms. The van der Waals surface area contributed by atoms with Crippen molar-refractivity contribution >= 4 is 5.69 Å². The molecule has 2 N–H and O–H groups in total. The Bertz CT molecular complexity index is 612. The number of anilines is 1. The van der Waals surface area contributed by atoms with Crippen LogP contribution in [-0.4, -0.2) is 20.2 Å². The molecular formula is C18H22N2O. The highest BCUT2D eigenvalue weighted by Crippen LogP contribution is 2.34.